The number of hydrazone groups is 1. The molecule has 14 heavy (non-hydrogen) atoms. The summed E-state index contributed by atoms with van der Waals surface area (Å²) in [6.45, 7) is 0. The summed E-state index contributed by atoms with van der Waals surface area (Å²) in [6, 6.07) is 6.84. The summed E-state index contributed by atoms with van der Waals surface area (Å²) in [5.41, 5.74) is 1.17. The molecule has 2 rings (SSSR count). The largest absolute Gasteiger partial charge is 0.506 e. The second-order valence-corrected chi connectivity index (χ2v) is 2.92. The number of allylic oxidation sites excluding steroid dienone is 1. The number of aliphatic hydroxyl groups is 1. The average Bonchev–Trinajstić information content (AvgIpc) is 2.45. The number of rotatable bonds is 1. The van der Waals surface area contributed by atoms with Crippen molar-refractivity contribution in [3.63, 3.8) is 0 Å². The Morgan fingerprint density at radius 1 is 1.29 bits per heavy atom. The molecule has 0 radical (unpaired) electrons. The number of ketones is 1. The van der Waals surface area contributed by atoms with Gasteiger partial charge in [0.2, 0.25) is 0 Å². The fourth-order valence-electron chi connectivity index (χ4n) is 1.48. The van der Waals surface area contributed by atoms with E-state index in [1.807, 2.05) is 0 Å². The van der Waals surface area contributed by atoms with E-state index >= 15 is 0 Å². The monoisotopic (exact) mass is 188 g/mol. The van der Waals surface area contributed by atoms with Crippen LogP contribution in [0.1, 0.15) is 15.9 Å². The SMILES string of the molecule is N/N=C\C1=C(O)c2ccccc2C1=O. The molecule has 0 atom stereocenters. The summed E-state index contributed by atoms with van der Waals surface area (Å²) >= 11 is 0. The number of fused-ring (bicyclic) bond motifs is 1. The highest BCUT2D eigenvalue weighted by molar-refractivity contribution is 6.30. The molecule has 1 aromatic carbocycles. The van der Waals surface area contributed by atoms with Crippen LogP contribution in [0.3, 0.4) is 0 Å². The van der Waals surface area contributed by atoms with Gasteiger partial charge < -0.3 is 10.9 Å². The molecule has 0 bridgehead atoms. The Morgan fingerprint density at radius 2 is 1.93 bits per heavy atom. The van der Waals surface area contributed by atoms with Crippen LogP contribution in [0, 0.1) is 0 Å². The number of hydrogen-bond donors (Lipinski definition) is 2. The number of Topliss-reactive ketones (excluding diaryl/α,β-unsaturated/α-hetero) is 1. The minimum absolute atomic E-state index is 0.0557. The Labute approximate surface area is 80.4 Å². The predicted molar refractivity (Wildman–Crippen MR) is 53.0 cm³/mol. The zero-order chi connectivity index (χ0) is 10.1. The number of carbonyl (C=O) groups excluding carboxylic acids is 1. The number of hydrogen-bond acceptors (Lipinski definition) is 4. The first-order chi connectivity index (χ1) is 6.75. The number of nitrogens with two attached hydrogens (primary N) is 1. The summed E-state index contributed by atoms with van der Waals surface area (Å²) in [5.74, 6) is 4.64. The molecule has 1 aliphatic carbocycles. The third kappa shape index (κ3) is 1.01. The van der Waals surface area contributed by atoms with E-state index in [1.165, 1.54) is 0 Å². The molecule has 0 saturated heterocycles. The highest BCUT2D eigenvalue weighted by Crippen LogP contribution is 2.29. The summed E-state index contributed by atoms with van der Waals surface area (Å²) in [5, 5.41) is 12.9. The zero-order valence-corrected chi connectivity index (χ0v) is 7.27. The minimum atomic E-state index is -0.243. The smallest absolute Gasteiger partial charge is 0.199 e. The van der Waals surface area contributed by atoms with Crippen LogP contribution in [0.15, 0.2) is 34.9 Å². The average molecular weight is 188 g/mol. The summed E-state index contributed by atoms with van der Waals surface area (Å²) in [4.78, 5) is 11.6. The molecule has 70 valence electrons. The fourth-order valence-corrected chi connectivity index (χ4v) is 1.48. The van der Waals surface area contributed by atoms with E-state index < -0.39 is 0 Å². The van der Waals surface area contributed by atoms with Crippen LogP contribution < -0.4 is 5.84 Å². The van der Waals surface area contributed by atoms with Gasteiger partial charge in [0.25, 0.3) is 0 Å². The highest BCUT2D eigenvalue weighted by Gasteiger charge is 2.27. The van der Waals surface area contributed by atoms with E-state index in [1.54, 1.807) is 24.3 Å². The van der Waals surface area contributed by atoms with Crippen LogP contribution >= 0.6 is 0 Å². The van der Waals surface area contributed by atoms with Crippen LogP contribution in [0.2, 0.25) is 0 Å². The van der Waals surface area contributed by atoms with E-state index in [-0.39, 0.29) is 17.1 Å². The summed E-state index contributed by atoms with van der Waals surface area (Å²) in [6.07, 6.45) is 1.16. The zero-order valence-electron chi connectivity index (χ0n) is 7.27. The van der Waals surface area contributed by atoms with Gasteiger partial charge in [0.05, 0.1) is 11.8 Å². The van der Waals surface area contributed by atoms with Crippen molar-refractivity contribution in [3.8, 4) is 0 Å². The molecule has 0 aliphatic heterocycles. The molecule has 0 amide bonds. The van der Waals surface area contributed by atoms with Gasteiger partial charge in [-0.15, -0.1) is 0 Å². The maximum Gasteiger partial charge on any atom is 0.199 e. The molecule has 1 aromatic rings. The van der Waals surface area contributed by atoms with E-state index in [4.69, 9.17) is 5.84 Å². The lowest BCUT2D eigenvalue weighted by Crippen LogP contribution is -2.00. The predicted octanol–water partition coefficient (Wildman–Crippen LogP) is 1.10. The van der Waals surface area contributed by atoms with Gasteiger partial charge in [0, 0.05) is 11.1 Å². The molecule has 0 fully saturated rings. The van der Waals surface area contributed by atoms with E-state index in [9.17, 15) is 9.90 Å². The van der Waals surface area contributed by atoms with Crippen molar-refractivity contribution >= 4 is 17.8 Å². The topological polar surface area (TPSA) is 75.7 Å². The van der Waals surface area contributed by atoms with Gasteiger partial charge in [-0.3, -0.25) is 4.79 Å². The van der Waals surface area contributed by atoms with E-state index in [2.05, 4.69) is 5.10 Å². The molecule has 0 saturated carbocycles. The fraction of sp³-hybridized carbons (Fsp3) is 0. The number of carbonyl (C=O) groups is 1. The van der Waals surface area contributed by atoms with Crippen molar-refractivity contribution in [1.82, 2.24) is 0 Å². The molecular formula is C10H8N2O2. The Balaban J connectivity index is 2.63. The number of benzene rings is 1. The van der Waals surface area contributed by atoms with Crippen LogP contribution in [0.25, 0.3) is 5.76 Å². The molecule has 1 aliphatic rings. The Bertz CT molecular complexity index is 461. The Hall–Kier alpha value is -2.10. The van der Waals surface area contributed by atoms with Gasteiger partial charge in [-0.1, -0.05) is 24.3 Å². The molecule has 4 heteroatoms. The summed E-state index contributed by atoms with van der Waals surface area (Å²) < 4.78 is 0. The highest BCUT2D eigenvalue weighted by atomic mass is 16.3. The minimum Gasteiger partial charge on any atom is -0.506 e. The van der Waals surface area contributed by atoms with Gasteiger partial charge in [-0.25, -0.2) is 0 Å². The first-order valence-electron chi connectivity index (χ1n) is 4.06. The molecule has 0 heterocycles. The third-order valence-electron chi connectivity index (χ3n) is 2.13. The molecule has 0 unspecified atom stereocenters. The van der Waals surface area contributed by atoms with Crippen LogP contribution in [-0.4, -0.2) is 17.1 Å². The van der Waals surface area contributed by atoms with Crippen LogP contribution in [0.5, 0.6) is 0 Å². The molecule has 3 N–H and O–H groups in total. The first kappa shape index (κ1) is 8.50. The molecule has 0 spiro atoms. The Morgan fingerprint density at radius 3 is 2.50 bits per heavy atom. The first-order valence-corrected chi connectivity index (χ1v) is 4.06. The Kier molecular flexibility index (Phi) is 1.81. The molecule has 4 nitrogen and oxygen atoms in total. The quantitative estimate of drug-likeness (QED) is 0.393. The van der Waals surface area contributed by atoms with Crippen LogP contribution in [-0.2, 0) is 0 Å². The van der Waals surface area contributed by atoms with Gasteiger partial charge in [0.1, 0.15) is 5.76 Å². The van der Waals surface area contributed by atoms with Gasteiger partial charge in [0.15, 0.2) is 5.78 Å². The third-order valence-corrected chi connectivity index (χ3v) is 2.13. The van der Waals surface area contributed by atoms with Crippen molar-refractivity contribution in [2.45, 2.75) is 0 Å². The van der Waals surface area contributed by atoms with Gasteiger partial charge in [-0.05, 0) is 0 Å². The van der Waals surface area contributed by atoms with Crippen LogP contribution in [0.4, 0.5) is 0 Å². The van der Waals surface area contributed by atoms with Crippen molar-refractivity contribution < 1.29 is 9.90 Å². The number of aliphatic hydroxyl groups excluding tert-OH is 1. The van der Waals surface area contributed by atoms with Gasteiger partial charge in [-0.2, -0.15) is 5.10 Å². The lowest BCUT2D eigenvalue weighted by atomic mass is 10.1. The standard InChI is InChI=1S/C10H8N2O2/c11-12-5-8-9(13)6-3-1-2-4-7(6)10(8)14/h1-5,13H,11H2/b12-5-. The van der Waals surface area contributed by atoms with E-state index in [0.717, 1.165) is 6.21 Å². The second-order valence-electron chi connectivity index (χ2n) is 2.92. The molecular weight excluding hydrogens is 180 g/mol. The summed E-state index contributed by atoms with van der Waals surface area (Å²) in [7, 11) is 0. The van der Waals surface area contributed by atoms with Crippen molar-refractivity contribution in [2.24, 2.45) is 10.9 Å². The maximum atomic E-state index is 11.6. The normalized spacial score (nSPS) is 15.3. The maximum absolute atomic E-state index is 11.6. The van der Waals surface area contributed by atoms with Crippen molar-refractivity contribution in [1.29, 1.82) is 0 Å². The number of nitrogens with zero attached hydrogens (tertiary/aromatic N) is 1. The van der Waals surface area contributed by atoms with E-state index in [0.29, 0.717) is 11.1 Å². The van der Waals surface area contributed by atoms with Gasteiger partial charge >= 0.3 is 0 Å². The van der Waals surface area contributed by atoms with Crippen molar-refractivity contribution in [2.75, 3.05) is 0 Å². The van der Waals surface area contributed by atoms with Crippen molar-refractivity contribution in [3.05, 3.63) is 41.0 Å². The molecule has 0 aromatic heterocycles. The second kappa shape index (κ2) is 2.99. The lowest BCUT2D eigenvalue weighted by molar-refractivity contribution is 0.104. The lowest BCUT2D eigenvalue weighted by Gasteiger charge is -1.95.